The van der Waals surface area contributed by atoms with Crippen molar-refractivity contribution in [2.45, 2.75) is 25.8 Å². The molecule has 0 aromatic heterocycles. The molecule has 66 valence electrons. The standard InChI is InChI=1S/C7H17N3O/c1-5-7(2,10(3)4)6(11)9-8/h5,8H2,1-4H3,(H,9,11). The fourth-order valence-corrected chi connectivity index (χ4v) is 0.835. The van der Waals surface area contributed by atoms with E-state index in [9.17, 15) is 4.79 Å². The SMILES string of the molecule is CCC(C)(C(=O)NN)N(C)C. The normalized spacial score (nSPS) is 16.2. The summed E-state index contributed by atoms with van der Waals surface area (Å²) in [6, 6.07) is 0. The van der Waals surface area contributed by atoms with Crippen molar-refractivity contribution >= 4 is 5.91 Å². The van der Waals surface area contributed by atoms with Gasteiger partial charge in [-0.2, -0.15) is 0 Å². The predicted molar refractivity (Wildman–Crippen MR) is 44.7 cm³/mol. The van der Waals surface area contributed by atoms with E-state index in [4.69, 9.17) is 5.84 Å². The number of hydrazine groups is 1. The van der Waals surface area contributed by atoms with Crippen LogP contribution in [0.1, 0.15) is 20.3 Å². The van der Waals surface area contributed by atoms with Gasteiger partial charge in [-0.15, -0.1) is 0 Å². The van der Waals surface area contributed by atoms with E-state index in [-0.39, 0.29) is 5.91 Å². The molecule has 1 unspecified atom stereocenters. The minimum atomic E-state index is -0.491. The molecule has 0 saturated heterocycles. The van der Waals surface area contributed by atoms with Crippen LogP contribution in [0.3, 0.4) is 0 Å². The Morgan fingerprint density at radius 2 is 2.09 bits per heavy atom. The monoisotopic (exact) mass is 159 g/mol. The zero-order valence-electron chi connectivity index (χ0n) is 7.64. The average molecular weight is 159 g/mol. The van der Waals surface area contributed by atoms with Crippen molar-refractivity contribution in [3.63, 3.8) is 0 Å². The minimum Gasteiger partial charge on any atom is -0.296 e. The topological polar surface area (TPSA) is 58.4 Å². The van der Waals surface area contributed by atoms with Crippen molar-refractivity contribution < 1.29 is 4.79 Å². The Morgan fingerprint density at radius 3 is 2.18 bits per heavy atom. The smallest absolute Gasteiger partial charge is 0.254 e. The van der Waals surface area contributed by atoms with Crippen molar-refractivity contribution in [1.29, 1.82) is 0 Å². The van der Waals surface area contributed by atoms with Gasteiger partial charge in [0, 0.05) is 0 Å². The number of hydrogen-bond donors (Lipinski definition) is 2. The Balaban J connectivity index is 4.45. The summed E-state index contributed by atoms with van der Waals surface area (Å²) in [6.45, 7) is 3.81. The first-order valence-electron chi connectivity index (χ1n) is 3.67. The number of carbonyl (C=O) groups excluding carboxylic acids is 1. The number of likely N-dealkylation sites (N-methyl/N-ethyl adjacent to an activating group) is 1. The van der Waals surface area contributed by atoms with Crippen LogP contribution in [0, 0.1) is 0 Å². The third kappa shape index (κ3) is 1.91. The summed E-state index contributed by atoms with van der Waals surface area (Å²) < 4.78 is 0. The summed E-state index contributed by atoms with van der Waals surface area (Å²) in [4.78, 5) is 13.1. The van der Waals surface area contributed by atoms with E-state index in [2.05, 4.69) is 5.43 Å². The third-order valence-electron chi connectivity index (χ3n) is 2.30. The number of nitrogens with zero attached hydrogens (tertiary/aromatic N) is 1. The van der Waals surface area contributed by atoms with Gasteiger partial charge in [0.25, 0.3) is 5.91 Å². The van der Waals surface area contributed by atoms with E-state index in [1.54, 1.807) is 0 Å². The second kappa shape index (κ2) is 3.69. The second-order valence-electron chi connectivity index (χ2n) is 3.00. The molecule has 0 aliphatic carbocycles. The molecular weight excluding hydrogens is 142 g/mol. The number of carbonyl (C=O) groups is 1. The van der Waals surface area contributed by atoms with Crippen LogP contribution in [0.25, 0.3) is 0 Å². The number of nitrogens with two attached hydrogens (primary N) is 1. The molecule has 0 aromatic rings. The van der Waals surface area contributed by atoms with Crippen LogP contribution in [-0.4, -0.2) is 30.4 Å². The van der Waals surface area contributed by atoms with Gasteiger partial charge in [0.1, 0.15) is 0 Å². The van der Waals surface area contributed by atoms with Gasteiger partial charge < -0.3 is 0 Å². The van der Waals surface area contributed by atoms with Gasteiger partial charge in [-0.05, 0) is 27.4 Å². The molecule has 0 fully saturated rings. The van der Waals surface area contributed by atoms with Gasteiger partial charge in [-0.3, -0.25) is 15.1 Å². The largest absolute Gasteiger partial charge is 0.296 e. The first-order valence-corrected chi connectivity index (χ1v) is 3.67. The molecule has 0 spiro atoms. The Hall–Kier alpha value is -0.610. The quantitative estimate of drug-likeness (QED) is 0.338. The Kier molecular flexibility index (Phi) is 3.48. The van der Waals surface area contributed by atoms with Crippen LogP contribution < -0.4 is 11.3 Å². The first kappa shape index (κ1) is 10.4. The maximum atomic E-state index is 11.2. The van der Waals surface area contributed by atoms with Crippen LogP contribution in [0.4, 0.5) is 0 Å². The fourth-order valence-electron chi connectivity index (χ4n) is 0.835. The molecule has 11 heavy (non-hydrogen) atoms. The molecule has 3 N–H and O–H groups in total. The first-order chi connectivity index (χ1) is 4.99. The minimum absolute atomic E-state index is 0.148. The highest BCUT2D eigenvalue weighted by molar-refractivity contribution is 5.85. The van der Waals surface area contributed by atoms with Crippen LogP contribution in [0.15, 0.2) is 0 Å². The molecule has 0 aliphatic rings. The number of nitrogens with one attached hydrogen (secondary N) is 1. The van der Waals surface area contributed by atoms with E-state index in [0.717, 1.165) is 6.42 Å². The van der Waals surface area contributed by atoms with Crippen molar-refractivity contribution in [3.05, 3.63) is 0 Å². The Labute approximate surface area is 67.7 Å². The van der Waals surface area contributed by atoms with Gasteiger partial charge >= 0.3 is 0 Å². The highest BCUT2D eigenvalue weighted by Gasteiger charge is 2.32. The molecule has 4 heteroatoms. The molecule has 0 radical (unpaired) electrons. The summed E-state index contributed by atoms with van der Waals surface area (Å²) in [6.07, 6.45) is 0.739. The number of hydrogen-bond acceptors (Lipinski definition) is 3. The van der Waals surface area contributed by atoms with E-state index in [1.807, 2.05) is 32.8 Å². The number of rotatable bonds is 3. The maximum Gasteiger partial charge on any atom is 0.254 e. The van der Waals surface area contributed by atoms with Crippen LogP contribution in [0.2, 0.25) is 0 Å². The van der Waals surface area contributed by atoms with Crippen molar-refractivity contribution in [2.75, 3.05) is 14.1 Å². The zero-order chi connectivity index (χ0) is 9.07. The molecule has 1 atom stereocenters. The summed E-state index contributed by atoms with van der Waals surface area (Å²) in [7, 11) is 3.72. The van der Waals surface area contributed by atoms with Crippen LogP contribution >= 0.6 is 0 Å². The van der Waals surface area contributed by atoms with E-state index >= 15 is 0 Å². The van der Waals surface area contributed by atoms with Gasteiger partial charge in [0.2, 0.25) is 0 Å². The maximum absolute atomic E-state index is 11.2. The van der Waals surface area contributed by atoms with E-state index < -0.39 is 5.54 Å². The Morgan fingerprint density at radius 1 is 1.64 bits per heavy atom. The average Bonchev–Trinajstić information content (AvgIpc) is 2.01. The molecule has 0 aromatic carbocycles. The molecular formula is C7H17N3O. The molecule has 0 saturated carbocycles. The second-order valence-corrected chi connectivity index (χ2v) is 3.00. The summed E-state index contributed by atoms with van der Waals surface area (Å²) in [5.74, 6) is 4.90. The summed E-state index contributed by atoms with van der Waals surface area (Å²) in [5, 5.41) is 0. The summed E-state index contributed by atoms with van der Waals surface area (Å²) >= 11 is 0. The lowest BCUT2D eigenvalue weighted by molar-refractivity contribution is -0.131. The third-order valence-corrected chi connectivity index (χ3v) is 2.30. The zero-order valence-corrected chi connectivity index (χ0v) is 7.64. The van der Waals surface area contributed by atoms with Gasteiger partial charge in [0.15, 0.2) is 0 Å². The van der Waals surface area contributed by atoms with Gasteiger partial charge in [-0.1, -0.05) is 6.92 Å². The fraction of sp³-hybridized carbons (Fsp3) is 0.857. The summed E-state index contributed by atoms with van der Waals surface area (Å²) in [5.41, 5.74) is 1.67. The molecule has 0 bridgehead atoms. The lowest BCUT2D eigenvalue weighted by atomic mass is 9.97. The van der Waals surface area contributed by atoms with E-state index in [0.29, 0.717) is 0 Å². The predicted octanol–water partition coefficient (Wildman–Crippen LogP) is -0.293. The highest BCUT2D eigenvalue weighted by Crippen LogP contribution is 2.15. The lowest BCUT2D eigenvalue weighted by Crippen LogP contribution is -2.55. The van der Waals surface area contributed by atoms with Crippen molar-refractivity contribution in [2.24, 2.45) is 5.84 Å². The molecule has 0 aliphatic heterocycles. The van der Waals surface area contributed by atoms with E-state index in [1.165, 1.54) is 0 Å². The van der Waals surface area contributed by atoms with Crippen LogP contribution in [-0.2, 0) is 4.79 Å². The molecule has 1 amide bonds. The number of amides is 1. The van der Waals surface area contributed by atoms with Crippen molar-refractivity contribution in [1.82, 2.24) is 10.3 Å². The van der Waals surface area contributed by atoms with Gasteiger partial charge in [-0.25, -0.2) is 5.84 Å². The molecule has 0 rings (SSSR count). The van der Waals surface area contributed by atoms with Crippen molar-refractivity contribution in [3.8, 4) is 0 Å². The Bertz CT molecular complexity index is 147. The lowest BCUT2D eigenvalue weighted by Gasteiger charge is -2.32. The molecule has 4 nitrogen and oxygen atoms in total. The van der Waals surface area contributed by atoms with Gasteiger partial charge in [0.05, 0.1) is 5.54 Å². The van der Waals surface area contributed by atoms with Crippen LogP contribution in [0.5, 0.6) is 0 Å². The highest BCUT2D eigenvalue weighted by atomic mass is 16.2. The molecule has 0 heterocycles.